The van der Waals surface area contributed by atoms with E-state index in [0.717, 1.165) is 48.0 Å². The van der Waals surface area contributed by atoms with Crippen molar-refractivity contribution in [2.24, 2.45) is 29.6 Å². The minimum absolute atomic E-state index is 0.0704. The summed E-state index contributed by atoms with van der Waals surface area (Å²) < 4.78 is 20.6. The molecule has 3 aliphatic carbocycles. The van der Waals surface area contributed by atoms with Gasteiger partial charge in [0.05, 0.1) is 6.61 Å². The van der Waals surface area contributed by atoms with E-state index in [-0.39, 0.29) is 5.82 Å². The largest absolute Gasteiger partial charge is 0.493 e. The first-order valence-corrected chi connectivity index (χ1v) is 15.7. The van der Waals surface area contributed by atoms with E-state index >= 15 is 0 Å². The second-order valence-corrected chi connectivity index (χ2v) is 12.6. The lowest BCUT2D eigenvalue weighted by Crippen LogP contribution is -2.31. The van der Waals surface area contributed by atoms with Crippen molar-refractivity contribution in [1.82, 2.24) is 0 Å². The smallest absolute Gasteiger partial charge is 0.130 e. The monoisotopic (exact) mass is 496 g/mol. The highest BCUT2D eigenvalue weighted by atomic mass is 19.1. The molecule has 0 spiro atoms. The Morgan fingerprint density at radius 1 is 0.833 bits per heavy atom. The minimum atomic E-state index is -0.0704. The number of ether oxygens (including phenoxy) is 1. The summed E-state index contributed by atoms with van der Waals surface area (Å²) in [5.74, 6) is 5.67. The quantitative estimate of drug-likeness (QED) is 0.195. The van der Waals surface area contributed by atoms with Crippen molar-refractivity contribution in [3.05, 3.63) is 42.2 Å². The maximum atomic E-state index is 14.9. The highest BCUT2D eigenvalue weighted by Gasteiger charge is 2.36. The Bertz CT molecular complexity index is 779. The van der Waals surface area contributed by atoms with Crippen LogP contribution in [-0.2, 0) is 0 Å². The van der Waals surface area contributed by atoms with Gasteiger partial charge in [-0.25, -0.2) is 4.39 Å². The fourth-order valence-electron chi connectivity index (χ4n) is 7.86. The summed E-state index contributed by atoms with van der Waals surface area (Å²) in [5.41, 5.74) is 0.924. The highest BCUT2D eigenvalue weighted by Crippen LogP contribution is 2.49. The van der Waals surface area contributed by atoms with Crippen molar-refractivity contribution in [1.29, 1.82) is 0 Å². The predicted molar refractivity (Wildman–Crippen MR) is 151 cm³/mol. The van der Waals surface area contributed by atoms with Crippen molar-refractivity contribution in [3.63, 3.8) is 0 Å². The van der Waals surface area contributed by atoms with Crippen LogP contribution in [0.15, 0.2) is 30.9 Å². The Balaban J connectivity index is 1.15. The summed E-state index contributed by atoms with van der Waals surface area (Å²) in [6.45, 7) is 6.59. The van der Waals surface area contributed by atoms with Crippen LogP contribution in [0.25, 0.3) is 0 Å². The number of benzene rings is 1. The van der Waals surface area contributed by atoms with E-state index in [1.165, 1.54) is 103 Å². The molecule has 0 saturated heterocycles. The summed E-state index contributed by atoms with van der Waals surface area (Å²) in [4.78, 5) is 0. The molecule has 4 rings (SSSR count). The number of rotatable bonds is 13. The maximum absolute atomic E-state index is 14.9. The van der Waals surface area contributed by atoms with E-state index < -0.39 is 0 Å². The molecule has 3 fully saturated rings. The molecule has 0 N–H and O–H groups in total. The second-order valence-electron chi connectivity index (χ2n) is 12.6. The van der Waals surface area contributed by atoms with Gasteiger partial charge in [-0.2, -0.15) is 0 Å². The van der Waals surface area contributed by atoms with E-state index in [1.807, 2.05) is 18.2 Å². The molecule has 4 atom stereocenters. The first-order valence-electron chi connectivity index (χ1n) is 15.7. The molecule has 1 aromatic carbocycles. The molecule has 1 nitrogen and oxygen atoms in total. The number of unbranched alkanes of at least 4 members (excludes halogenated alkanes) is 3. The number of halogens is 1. The summed E-state index contributed by atoms with van der Waals surface area (Å²) in [6.07, 6.45) is 26.7. The van der Waals surface area contributed by atoms with E-state index in [9.17, 15) is 4.39 Å². The molecule has 0 amide bonds. The molecule has 0 heterocycles. The van der Waals surface area contributed by atoms with Gasteiger partial charge in [0.15, 0.2) is 0 Å². The lowest BCUT2D eigenvalue weighted by molar-refractivity contribution is 0.108. The van der Waals surface area contributed by atoms with Crippen LogP contribution in [0.4, 0.5) is 4.39 Å². The molecule has 0 aromatic heterocycles. The lowest BCUT2D eigenvalue weighted by atomic mass is 9.63. The van der Waals surface area contributed by atoms with Crippen LogP contribution in [0.1, 0.15) is 134 Å². The molecule has 4 unspecified atom stereocenters. The van der Waals surface area contributed by atoms with Gasteiger partial charge in [0.1, 0.15) is 11.6 Å². The van der Waals surface area contributed by atoms with Crippen LogP contribution in [0.2, 0.25) is 0 Å². The van der Waals surface area contributed by atoms with E-state index in [1.54, 1.807) is 6.07 Å². The first kappa shape index (κ1) is 27.7. The van der Waals surface area contributed by atoms with Crippen LogP contribution >= 0.6 is 0 Å². The standard InChI is InChI=1S/C34H53FO/c1-3-5-7-8-9-26-10-12-27(13-11-26)14-15-28-16-17-30-24-31(19-18-29(30)23-28)33-21-20-32(25-34(33)35)36-22-6-4-2/h4,20-21,25-31H,2-3,5-19,22-24H2,1H3. The summed E-state index contributed by atoms with van der Waals surface area (Å²) >= 11 is 0. The molecule has 3 saturated carbocycles. The van der Waals surface area contributed by atoms with Crippen molar-refractivity contribution >= 4 is 0 Å². The molecular formula is C34H53FO. The molecule has 0 bridgehead atoms. The zero-order chi connectivity index (χ0) is 25.2. The number of hydrogen-bond acceptors (Lipinski definition) is 1. The molecule has 202 valence electrons. The van der Waals surface area contributed by atoms with Gasteiger partial charge in [-0.1, -0.05) is 96.1 Å². The molecule has 3 aliphatic rings. The van der Waals surface area contributed by atoms with Gasteiger partial charge < -0.3 is 4.74 Å². The SMILES string of the molecule is C=CCCOc1ccc(C2CCC3CC(CCC4CCC(CCCCCC)CC4)CCC3C2)c(F)c1. The second kappa shape index (κ2) is 14.6. The Hall–Kier alpha value is -1.31. The zero-order valence-electron chi connectivity index (χ0n) is 23.2. The number of hydrogen-bond donors (Lipinski definition) is 0. The molecule has 36 heavy (non-hydrogen) atoms. The third-order valence-corrected chi connectivity index (χ3v) is 10.1. The van der Waals surface area contributed by atoms with Crippen molar-refractivity contribution < 1.29 is 9.13 Å². The van der Waals surface area contributed by atoms with Crippen molar-refractivity contribution in [3.8, 4) is 5.75 Å². The highest BCUT2D eigenvalue weighted by molar-refractivity contribution is 5.31. The molecule has 0 aliphatic heterocycles. The van der Waals surface area contributed by atoms with Crippen molar-refractivity contribution in [2.75, 3.05) is 6.61 Å². The third kappa shape index (κ3) is 8.09. The normalized spacial score (nSPS) is 30.5. The fraction of sp³-hybridized carbons (Fsp3) is 0.765. The van der Waals surface area contributed by atoms with Gasteiger partial charge in [-0.05, 0) is 85.7 Å². The molecule has 0 radical (unpaired) electrons. The molecule has 1 aromatic rings. The van der Waals surface area contributed by atoms with Gasteiger partial charge in [-0.15, -0.1) is 6.58 Å². The zero-order valence-corrected chi connectivity index (χ0v) is 23.2. The van der Waals surface area contributed by atoms with Crippen molar-refractivity contribution in [2.45, 2.75) is 128 Å². The van der Waals surface area contributed by atoms with E-state index in [2.05, 4.69) is 13.5 Å². The Morgan fingerprint density at radius 3 is 2.28 bits per heavy atom. The molecular weight excluding hydrogens is 443 g/mol. The van der Waals surface area contributed by atoms with Gasteiger partial charge in [-0.3, -0.25) is 0 Å². The molecule has 2 heteroatoms. The van der Waals surface area contributed by atoms with Crippen LogP contribution in [0.5, 0.6) is 5.75 Å². The summed E-state index contributed by atoms with van der Waals surface area (Å²) in [7, 11) is 0. The average Bonchev–Trinajstić information content (AvgIpc) is 2.90. The number of fused-ring (bicyclic) bond motifs is 1. The average molecular weight is 497 g/mol. The third-order valence-electron chi connectivity index (χ3n) is 10.1. The Kier molecular flexibility index (Phi) is 11.2. The van der Waals surface area contributed by atoms with Gasteiger partial charge in [0, 0.05) is 6.07 Å². The van der Waals surface area contributed by atoms with Crippen LogP contribution < -0.4 is 4.74 Å². The fourth-order valence-corrected chi connectivity index (χ4v) is 7.86. The Labute approximate surface area is 221 Å². The Morgan fingerprint density at radius 2 is 1.53 bits per heavy atom. The minimum Gasteiger partial charge on any atom is -0.493 e. The van der Waals surface area contributed by atoms with E-state index in [0.29, 0.717) is 18.3 Å². The lowest BCUT2D eigenvalue weighted by Gasteiger charge is -2.43. The predicted octanol–water partition coefficient (Wildman–Crippen LogP) is 10.6. The van der Waals surface area contributed by atoms with Gasteiger partial charge in [0.25, 0.3) is 0 Å². The van der Waals surface area contributed by atoms with Gasteiger partial charge in [0.2, 0.25) is 0 Å². The maximum Gasteiger partial charge on any atom is 0.130 e. The van der Waals surface area contributed by atoms with E-state index in [4.69, 9.17) is 4.74 Å². The van der Waals surface area contributed by atoms with Crippen LogP contribution in [-0.4, -0.2) is 6.61 Å². The summed E-state index contributed by atoms with van der Waals surface area (Å²) in [6, 6.07) is 5.56. The van der Waals surface area contributed by atoms with Crippen LogP contribution in [0.3, 0.4) is 0 Å². The first-order chi connectivity index (χ1) is 17.7. The summed E-state index contributed by atoms with van der Waals surface area (Å²) in [5, 5.41) is 0. The van der Waals surface area contributed by atoms with Gasteiger partial charge >= 0.3 is 0 Å². The topological polar surface area (TPSA) is 9.23 Å². The van der Waals surface area contributed by atoms with Crippen LogP contribution in [0, 0.1) is 35.4 Å².